The minimum atomic E-state index is 0.505. The van der Waals surface area contributed by atoms with Crippen LogP contribution in [0.5, 0.6) is 0 Å². The number of hydrogen-bond acceptors (Lipinski definition) is 2. The van der Waals surface area contributed by atoms with Gasteiger partial charge in [-0.2, -0.15) is 0 Å². The van der Waals surface area contributed by atoms with Crippen molar-refractivity contribution in [2.24, 2.45) is 11.1 Å². The van der Waals surface area contributed by atoms with Gasteiger partial charge in [-0.15, -0.1) is 0 Å². The van der Waals surface area contributed by atoms with Crippen LogP contribution >= 0.6 is 11.6 Å². The molecule has 1 fully saturated rings. The normalized spacial score (nSPS) is 19.4. The van der Waals surface area contributed by atoms with Gasteiger partial charge in [-0.1, -0.05) is 31.5 Å². The summed E-state index contributed by atoms with van der Waals surface area (Å²) in [5, 5.41) is 0.815. The van der Waals surface area contributed by atoms with Gasteiger partial charge in [0.15, 0.2) is 0 Å². The van der Waals surface area contributed by atoms with E-state index in [1.165, 1.54) is 25.7 Å². The van der Waals surface area contributed by atoms with Gasteiger partial charge in [0.05, 0.1) is 10.7 Å². The second-order valence-electron chi connectivity index (χ2n) is 6.50. The maximum Gasteiger partial charge on any atom is 0.0642 e. The number of anilines is 1. The molecule has 0 saturated heterocycles. The number of benzene rings is 1. The van der Waals surface area contributed by atoms with E-state index in [4.69, 9.17) is 17.3 Å². The Morgan fingerprint density at radius 2 is 1.95 bits per heavy atom. The highest BCUT2D eigenvalue weighted by molar-refractivity contribution is 6.33. The minimum absolute atomic E-state index is 0.505. The zero-order valence-electron chi connectivity index (χ0n) is 12.2. The summed E-state index contributed by atoms with van der Waals surface area (Å²) in [4.78, 5) is 2.35. The molecule has 1 aromatic carbocycles. The quantitative estimate of drug-likeness (QED) is 0.899. The van der Waals surface area contributed by atoms with Crippen LogP contribution in [-0.2, 0) is 6.54 Å². The molecular formula is C16H25ClN2. The van der Waals surface area contributed by atoms with Gasteiger partial charge in [0, 0.05) is 19.6 Å². The first-order chi connectivity index (χ1) is 8.93. The van der Waals surface area contributed by atoms with Crippen molar-refractivity contribution < 1.29 is 0 Å². The standard InChI is InChI=1S/C16H25ClN2/c1-16(2)8-6-13(7-9-16)19(3)15-5-4-12(11-18)10-14(15)17/h4-5,10,13H,6-9,11,18H2,1-3H3. The Morgan fingerprint density at radius 1 is 1.32 bits per heavy atom. The molecule has 1 aliphatic carbocycles. The average Bonchev–Trinajstić information content (AvgIpc) is 2.37. The first kappa shape index (κ1) is 14.7. The Labute approximate surface area is 121 Å². The van der Waals surface area contributed by atoms with Gasteiger partial charge in [-0.05, 0) is 48.8 Å². The van der Waals surface area contributed by atoms with Crippen molar-refractivity contribution in [2.45, 2.75) is 52.1 Å². The fourth-order valence-electron chi connectivity index (χ4n) is 2.93. The third-order valence-corrected chi connectivity index (χ3v) is 4.79. The van der Waals surface area contributed by atoms with Crippen molar-refractivity contribution in [1.29, 1.82) is 0 Å². The van der Waals surface area contributed by atoms with E-state index in [-0.39, 0.29) is 0 Å². The molecule has 2 rings (SSSR count). The molecule has 106 valence electrons. The highest BCUT2D eigenvalue weighted by atomic mass is 35.5. The van der Waals surface area contributed by atoms with E-state index in [1.807, 2.05) is 6.07 Å². The van der Waals surface area contributed by atoms with Crippen molar-refractivity contribution in [3.63, 3.8) is 0 Å². The Balaban J connectivity index is 2.10. The topological polar surface area (TPSA) is 29.3 Å². The lowest BCUT2D eigenvalue weighted by molar-refractivity contribution is 0.222. The largest absolute Gasteiger partial charge is 0.370 e. The molecule has 0 aromatic heterocycles. The van der Waals surface area contributed by atoms with Crippen LogP contribution in [0, 0.1) is 5.41 Å². The summed E-state index contributed by atoms with van der Waals surface area (Å²) in [5.74, 6) is 0. The summed E-state index contributed by atoms with van der Waals surface area (Å²) in [6.07, 6.45) is 5.08. The summed E-state index contributed by atoms with van der Waals surface area (Å²) >= 11 is 6.38. The number of halogens is 1. The molecule has 0 amide bonds. The van der Waals surface area contributed by atoms with Crippen molar-refractivity contribution in [1.82, 2.24) is 0 Å². The summed E-state index contributed by atoms with van der Waals surface area (Å²) in [6, 6.07) is 6.77. The van der Waals surface area contributed by atoms with Gasteiger partial charge in [0.2, 0.25) is 0 Å². The molecule has 0 bridgehead atoms. The van der Waals surface area contributed by atoms with Crippen molar-refractivity contribution in [3.05, 3.63) is 28.8 Å². The highest BCUT2D eigenvalue weighted by Crippen LogP contribution is 2.38. The van der Waals surface area contributed by atoms with Crippen LogP contribution in [0.2, 0.25) is 5.02 Å². The molecule has 0 heterocycles. The molecule has 1 aliphatic rings. The molecule has 1 aromatic rings. The summed E-state index contributed by atoms with van der Waals surface area (Å²) in [6.45, 7) is 5.28. The maximum absolute atomic E-state index is 6.38. The molecule has 1 saturated carbocycles. The third kappa shape index (κ3) is 3.43. The molecule has 2 nitrogen and oxygen atoms in total. The van der Waals surface area contributed by atoms with Crippen molar-refractivity contribution in [2.75, 3.05) is 11.9 Å². The molecule has 0 radical (unpaired) electrons. The summed E-state index contributed by atoms with van der Waals surface area (Å²) in [7, 11) is 2.16. The predicted molar refractivity (Wildman–Crippen MR) is 83.8 cm³/mol. The van der Waals surface area contributed by atoms with Gasteiger partial charge in [0.25, 0.3) is 0 Å². The number of nitrogens with zero attached hydrogens (tertiary/aromatic N) is 1. The van der Waals surface area contributed by atoms with Gasteiger partial charge < -0.3 is 10.6 Å². The van der Waals surface area contributed by atoms with E-state index >= 15 is 0 Å². The SMILES string of the molecule is CN(c1ccc(CN)cc1Cl)C1CCC(C)(C)CC1. The number of nitrogens with two attached hydrogens (primary N) is 1. The molecular weight excluding hydrogens is 256 g/mol. The second kappa shape index (κ2) is 5.72. The highest BCUT2D eigenvalue weighted by Gasteiger charge is 2.29. The van der Waals surface area contributed by atoms with E-state index in [0.29, 0.717) is 18.0 Å². The van der Waals surface area contributed by atoms with Gasteiger partial charge in [0.1, 0.15) is 0 Å². The van der Waals surface area contributed by atoms with Crippen molar-refractivity contribution in [3.8, 4) is 0 Å². The molecule has 19 heavy (non-hydrogen) atoms. The fourth-order valence-corrected chi connectivity index (χ4v) is 3.27. The molecule has 3 heteroatoms. The summed E-state index contributed by atoms with van der Waals surface area (Å²) < 4.78 is 0. The Kier molecular flexibility index (Phi) is 4.42. The van der Waals surface area contributed by atoms with E-state index in [1.54, 1.807) is 0 Å². The van der Waals surface area contributed by atoms with Crippen LogP contribution in [-0.4, -0.2) is 13.1 Å². The first-order valence-electron chi connectivity index (χ1n) is 7.14. The third-order valence-electron chi connectivity index (χ3n) is 4.48. The fraction of sp³-hybridized carbons (Fsp3) is 0.625. The number of rotatable bonds is 3. The van der Waals surface area contributed by atoms with Gasteiger partial charge >= 0.3 is 0 Å². The van der Waals surface area contributed by atoms with Crippen LogP contribution < -0.4 is 10.6 Å². The lowest BCUT2D eigenvalue weighted by Gasteiger charge is -2.39. The second-order valence-corrected chi connectivity index (χ2v) is 6.90. The molecule has 0 aliphatic heterocycles. The molecule has 0 spiro atoms. The van der Waals surface area contributed by atoms with E-state index < -0.39 is 0 Å². The Bertz CT molecular complexity index is 432. The van der Waals surface area contributed by atoms with E-state index in [2.05, 4.69) is 37.9 Å². The number of hydrogen-bond donors (Lipinski definition) is 1. The lowest BCUT2D eigenvalue weighted by Crippen LogP contribution is -2.37. The van der Waals surface area contributed by atoms with Gasteiger partial charge in [-0.3, -0.25) is 0 Å². The Morgan fingerprint density at radius 3 is 2.47 bits per heavy atom. The Hall–Kier alpha value is -0.730. The van der Waals surface area contributed by atoms with Crippen LogP contribution in [0.4, 0.5) is 5.69 Å². The molecule has 0 atom stereocenters. The minimum Gasteiger partial charge on any atom is -0.370 e. The smallest absolute Gasteiger partial charge is 0.0642 e. The van der Waals surface area contributed by atoms with Crippen LogP contribution in [0.1, 0.15) is 45.1 Å². The van der Waals surface area contributed by atoms with Crippen LogP contribution in [0.3, 0.4) is 0 Å². The summed E-state index contributed by atoms with van der Waals surface area (Å²) in [5.41, 5.74) is 8.37. The molecule has 2 N–H and O–H groups in total. The zero-order valence-corrected chi connectivity index (χ0v) is 13.0. The van der Waals surface area contributed by atoms with Crippen molar-refractivity contribution >= 4 is 17.3 Å². The van der Waals surface area contributed by atoms with E-state index in [0.717, 1.165) is 16.3 Å². The van der Waals surface area contributed by atoms with E-state index in [9.17, 15) is 0 Å². The zero-order chi connectivity index (χ0) is 14.0. The maximum atomic E-state index is 6.38. The monoisotopic (exact) mass is 280 g/mol. The predicted octanol–water partition coefficient (Wildman–Crippen LogP) is 4.20. The molecule has 0 unspecified atom stereocenters. The lowest BCUT2D eigenvalue weighted by atomic mass is 9.75. The van der Waals surface area contributed by atoms with Crippen LogP contribution in [0.25, 0.3) is 0 Å². The van der Waals surface area contributed by atoms with Gasteiger partial charge in [-0.25, -0.2) is 0 Å². The average molecular weight is 281 g/mol. The first-order valence-corrected chi connectivity index (χ1v) is 7.52. The van der Waals surface area contributed by atoms with Crippen LogP contribution in [0.15, 0.2) is 18.2 Å².